The van der Waals surface area contributed by atoms with Crippen LogP contribution in [0.5, 0.6) is 0 Å². The summed E-state index contributed by atoms with van der Waals surface area (Å²) in [6, 6.07) is 15.3. The maximum Gasteiger partial charge on any atom is 0.330 e. The van der Waals surface area contributed by atoms with Gasteiger partial charge in [0, 0.05) is 23.9 Å². The molecule has 26 heteroatoms. The first-order chi connectivity index (χ1) is 36.3. The second kappa shape index (κ2) is 25.4. The van der Waals surface area contributed by atoms with Gasteiger partial charge in [-0.1, -0.05) is 79.8 Å². The molecule has 0 saturated heterocycles. The SMILES string of the molecule is Cc1nc(NC(=O)Cc2cccc3[nH]ncc23)sc1C(=O)N[C@@H](CNC(=O)c1cccs1)C(=O)O.Cc1nc(NC(=O)Cc2cccc3[nH]ncc23)sc1C(=O)N[C@@H](CNC(=O)c1cccs1)C(=O)OCCC(C)(C)C. The number of H-pyrrole nitrogens is 2. The number of amides is 6. The van der Waals surface area contributed by atoms with Gasteiger partial charge in [-0.3, -0.25) is 39.0 Å². The number of aliphatic carboxylic acids is 1. The Kier molecular flexibility index (Phi) is 18.5. The molecule has 22 nitrogen and oxygen atoms in total. The van der Waals surface area contributed by atoms with E-state index in [-0.39, 0.29) is 75.7 Å². The van der Waals surface area contributed by atoms with Crippen LogP contribution >= 0.6 is 45.3 Å². The molecule has 0 aliphatic heterocycles. The number of hydrogen-bond acceptors (Lipinski definition) is 17. The number of carbonyl (C=O) groups is 8. The quantitative estimate of drug-likeness (QED) is 0.0381. The number of ether oxygens (including phenoxy) is 1. The number of aromatic amines is 2. The number of nitrogens with zero attached hydrogens (tertiary/aromatic N) is 4. The Bertz CT molecular complexity index is 3370. The number of rotatable bonds is 20. The van der Waals surface area contributed by atoms with Gasteiger partial charge in [-0.15, -0.1) is 22.7 Å². The molecule has 0 radical (unpaired) electrons. The van der Waals surface area contributed by atoms with E-state index in [1.807, 2.05) is 57.2 Å². The number of anilines is 2. The van der Waals surface area contributed by atoms with Gasteiger partial charge in [0.2, 0.25) is 11.8 Å². The van der Waals surface area contributed by atoms with E-state index < -0.39 is 41.7 Å². The molecule has 76 heavy (non-hydrogen) atoms. The number of carboxylic acid groups (broad SMARTS) is 1. The van der Waals surface area contributed by atoms with E-state index in [1.54, 1.807) is 61.3 Å². The molecule has 2 aromatic carbocycles. The van der Waals surface area contributed by atoms with E-state index in [0.29, 0.717) is 27.6 Å². The first-order valence-electron chi connectivity index (χ1n) is 23.3. The van der Waals surface area contributed by atoms with E-state index >= 15 is 0 Å². The highest BCUT2D eigenvalue weighted by Crippen LogP contribution is 2.26. The molecule has 0 unspecified atom stereocenters. The predicted molar refractivity (Wildman–Crippen MR) is 289 cm³/mol. The molecule has 8 aromatic rings. The van der Waals surface area contributed by atoms with Crippen LogP contribution in [0.3, 0.4) is 0 Å². The average Bonchev–Trinajstić information content (AvgIpc) is 4.24. The number of aromatic nitrogens is 6. The first kappa shape index (κ1) is 55.5. The molecule has 2 atom stereocenters. The minimum absolute atomic E-state index is 0.0436. The lowest BCUT2D eigenvalue weighted by Crippen LogP contribution is -2.49. The molecule has 0 spiro atoms. The van der Waals surface area contributed by atoms with Crippen molar-refractivity contribution in [2.45, 2.75) is 66.0 Å². The molecule has 396 valence electrons. The van der Waals surface area contributed by atoms with Crippen molar-refractivity contribution in [2.24, 2.45) is 5.41 Å². The lowest BCUT2D eigenvalue weighted by Gasteiger charge is -2.21. The molecule has 0 bridgehead atoms. The van der Waals surface area contributed by atoms with Crippen molar-refractivity contribution in [3.05, 3.63) is 126 Å². The van der Waals surface area contributed by atoms with Gasteiger partial charge in [-0.05, 0) is 71.8 Å². The summed E-state index contributed by atoms with van der Waals surface area (Å²) in [5.41, 5.74) is 3.93. The van der Waals surface area contributed by atoms with Crippen LogP contribution in [-0.4, -0.2) is 115 Å². The average molecular weight is 1110 g/mol. The maximum absolute atomic E-state index is 13.2. The number of hydrogen-bond donors (Lipinski definition) is 9. The number of thiophene rings is 2. The van der Waals surface area contributed by atoms with Crippen molar-refractivity contribution < 1.29 is 48.2 Å². The highest BCUT2D eigenvalue weighted by Gasteiger charge is 2.28. The Labute approximate surface area is 449 Å². The van der Waals surface area contributed by atoms with Gasteiger partial charge in [0.15, 0.2) is 10.3 Å². The van der Waals surface area contributed by atoms with E-state index in [0.717, 1.165) is 55.6 Å². The molecule has 0 aliphatic rings. The Morgan fingerprint density at radius 1 is 0.632 bits per heavy atom. The van der Waals surface area contributed by atoms with Crippen LogP contribution in [0.25, 0.3) is 21.8 Å². The van der Waals surface area contributed by atoms with Crippen LogP contribution in [0.15, 0.2) is 83.8 Å². The molecular formula is C50H52N12O10S4. The molecular weight excluding hydrogens is 1060 g/mol. The van der Waals surface area contributed by atoms with E-state index in [4.69, 9.17) is 4.74 Å². The van der Waals surface area contributed by atoms with Gasteiger partial charge in [-0.2, -0.15) is 10.2 Å². The Balaban J connectivity index is 0.000000224. The predicted octanol–water partition coefficient (Wildman–Crippen LogP) is 6.26. The summed E-state index contributed by atoms with van der Waals surface area (Å²) in [4.78, 5) is 110. The maximum atomic E-state index is 13.2. The number of benzene rings is 2. The Hall–Kier alpha value is -8.20. The smallest absolute Gasteiger partial charge is 0.330 e. The minimum atomic E-state index is -1.35. The van der Waals surface area contributed by atoms with Gasteiger partial charge in [-0.25, -0.2) is 19.6 Å². The summed E-state index contributed by atoms with van der Waals surface area (Å²) in [5, 5.41) is 44.5. The van der Waals surface area contributed by atoms with Crippen molar-refractivity contribution >= 4 is 125 Å². The number of aryl methyl sites for hydroxylation is 2. The van der Waals surface area contributed by atoms with E-state index in [9.17, 15) is 43.5 Å². The largest absolute Gasteiger partial charge is 0.480 e. The van der Waals surface area contributed by atoms with E-state index in [1.165, 1.54) is 22.7 Å². The fourth-order valence-corrected chi connectivity index (χ4v) is 10.2. The van der Waals surface area contributed by atoms with Crippen LogP contribution in [0.4, 0.5) is 10.3 Å². The molecule has 6 aromatic heterocycles. The second-order valence-corrected chi connectivity index (χ2v) is 22.0. The van der Waals surface area contributed by atoms with Gasteiger partial charge in [0.05, 0.1) is 64.0 Å². The van der Waals surface area contributed by atoms with Crippen LogP contribution in [0.2, 0.25) is 0 Å². The third kappa shape index (κ3) is 15.2. The standard InChI is InChI=1S/C28H32N6O5S2.C22H20N6O5S2/c1-16-23(41-27(31-16)33-22(35)13-17-7-5-8-19-18(17)14-30-34-19)25(37)32-20(26(38)39-11-10-28(2,3)4)15-29-24(36)21-9-6-12-40-21;1-11-18(20(31)26-15(21(32)33)10-23-19(30)16-6-3-7-34-16)35-22(25-11)27-17(29)8-12-4-2-5-14-13(12)9-24-28-14/h5-9,12,14,20H,10-11,13,15H2,1-4H3,(H,29,36)(H,30,34)(H,32,37)(H,31,33,35);2-7,9,15H,8,10H2,1H3,(H,23,30)(H,24,28)(H,26,31)(H,32,33)(H,25,27,29)/t20-;15-/m00/s1. The Morgan fingerprint density at radius 2 is 1.09 bits per heavy atom. The summed E-state index contributed by atoms with van der Waals surface area (Å²) >= 11 is 4.42. The van der Waals surface area contributed by atoms with Crippen molar-refractivity contribution in [3.8, 4) is 0 Å². The fourth-order valence-electron chi connectivity index (χ4n) is 7.14. The van der Waals surface area contributed by atoms with Crippen molar-refractivity contribution in [1.82, 2.24) is 51.6 Å². The minimum Gasteiger partial charge on any atom is -0.480 e. The molecule has 6 amide bonds. The third-order valence-electron chi connectivity index (χ3n) is 11.1. The lowest BCUT2D eigenvalue weighted by molar-refractivity contribution is -0.146. The first-order valence-corrected chi connectivity index (χ1v) is 26.7. The van der Waals surface area contributed by atoms with Crippen molar-refractivity contribution in [3.63, 3.8) is 0 Å². The molecule has 9 N–H and O–H groups in total. The Morgan fingerprint density at radius 3 is 1.53 bits per heavy atom. The fraction of sp³-hybridized carbons (Fsp3) is 0.280. The number of thiazole rings is 2. The number of esters is 1. The summed E-state index contributed by atoms with van der Waals surface area (Å²) in [7, 11) is 0. The number of carboxylic acids is 1. The second-order valence-electron chi connectivity index (χ2n) is 18.1. The highest BCUT2D eigenvalue weighted by atomic mass is 32.1. The molecule has 0 aliphatic carbocycles. The normalized spacial score (nSPS) is 11.9. The molecule has 0 saturated carbocycles. The van der Waals surface area contributed by atoms with Crippen molar-refractivity contribution in [2.75, 3.05) is 30.3 Å². The zero-order valence-corrected chi connectivity index (χ0v) is 44.8. The third-order valence-corrected chi connectivity index (χ3v) is 14.9. The summed E-state index contributed by atoms with van der Waals surface area (Å²) in [6.07, 6.45) is 4.13. The van der Waals surface area contributed by atoms with Crippen LogP contribution in [0.1, 0.15) is 88.4 Å². The zero-order chi connectivity index (χ0) is 54.5. The summed E-state index contributed by atoms with van der Waals surface area (Å²) in [5.74, 6) is -4.58. The van der Waals surface area contributed by atoms with Crippen LogP contribution in [0, 0.1) is 19.3 Å². The molecule has 0 fully saturated rings. The number of nitrogens with one attached hydrogen (secondary N) is 8. The number of carbonyl (C=O) groups excluding carboxylic acids is 7. The van der Waals surface area contributed by atoms with E-state index in [2.05, 4.69) is 62.3 Å². The monoisotopic (exact) mass is 1110 g/mol. The molecule has 6 heterocycles. The van der Waals surface area contributed by atoms with Crippen LogP contribution in [-0.2, 0) is 36.8 Å². The van der Waals surface area contributed by atoms with Gasteiger partial charge in [0.25, 0.3) is 23.6 Å². The topological polar surface area (TPSA) is 321 Å². The summed E-state index contributed by atoms with van der Waals surface area (Å²) < 4.78 is 5.43. The number of fused-ring (bicyclic) bond motifs is 2. The zero-order valence-electron chi connectivity index (χ0n) is 41.5. The van der Waals surface area contributed by atoms with Crippen LogP contribution < -0.4 is 31.9 Å². The lowest BCUT2D eigenvalue weighted by atomic mass is 9.93. The van der Waals surface area contributed by atoms with Crippen molar-refractivity contribution in [1.29, 1.82) is 0 Å². The van der Waals surface area contributed by atoms with Gasteiger partial charge >= 0.3 is 11.9 Å². The van der Waals surface area contributed by atoms with Gasteiger partial charge in [0.1, 0.15) is 21.8 Å². The van der Waals surface area contributed by atoms with Gasteiger partial charge < -0.3 is 41.7 Å². The highest BCUT2D eigenvalue weighted by molar-refractivity contribution is 7.18. The summed E-state index contributed by atoms with van der Waals surface area (Å²) in [6.45, 7) is 9.04. The molecule has 8 rings (SSSR count).